The number of hydrogen-bond donors (Lipinski definition) is 0. The van der Waals surface area contributed by atoms with Gasteiger partial charge in [-0.1, -0.05) is 12.2 Å². The largest absolute Gasteiger partial charge is 0.465 e. The highest BCUT2D eigenvalue weighted by Gasteiger charge is 2.26. The van der Waals surface area contributed by atoms with Crippen molar-refractivity contribution in [2.75, 3.05) is 35.5 Å². The summed E-state index contributed by atoms with van der Waals surface area (Å²) >= 11 is 0. The molecule has 0 aliphatic carbocycles. The van der Waals surface area contributed by atoms with Gasteiger partial charge in [0, 0.05) is 11.8 Å². The van der Waals surface area contributed by atoms with Crippen molar-refractivity contribution in [3.63, 3.8) is 0 Å². The molecule has 0 amide bonds. The second kappa shape index (κ2) is 11.3. The smallest absolute Gasteiger partial charge is 0.418 e. The maximum Gasteiger partial charge on any atom is 0.418 e. The molecule has 0 atom stereocenters. The molecule has 12 nitrogen and oxygen atoms in total. The summed E-state index contributed by atoms with van der Waals surface area (Å²) in [7, 11) is 5.49. The molecule has 2 rings (SSSR count). The third-order valence-electron chi connectivity index (χ3n) is 4.74. The Labute approximate surface area is 199 Å². The first-order valence-electron chi connectivity index (χ1n) is 9.62. The number of esters is 4. The molecule has 0 N–H and O–H groups in total. The van der Waals surface area contributed by atoms with Crippen LogP contribution in [0.25, 0.3) is 12.2 Å². The van der Waals surface area contributed by atoms with Crippen LogP contribution in [0.2, 0.25) is 0 Å². The van der Waals surface area contributed by atoms with E-state index in [1.54, 1.807) is 6.07 Å². The number of ether oxygens (including phenoxy) is 5. The second-order valence-corrected chi connectivity index (χ2v) is 6.54. The Morgan fingerprint density at radius 3 is 1.86 bits per heavy atom. The zero-order valence-electron chi connectivity index (χ0n) is 19.4. The Morgan fingerprint density at radius 2 is 1.34 bits per heavy atom. The maximum atomic E-state index is 12.5. The van der Waals surface area contributed by atoms with Gasteiger partial charge in [-0.15, -0.1) is 0 Å². The molecular weight excluding hydrogens is 464 g/mol. The predicted molar refractivity (Wildman–Crippen MR) is 118 cm³/mol. The second-order valence-electron chi connectivity index (χ2n) is 6.54. The van der Waals surface area contributed by atoms with Crippen LogP contribution >= 0.6 is 0 Å². The van der Waals surface area contributed by atoms with Crippen molar-refractivity contribution in [2.45, 2.75) is 0 Å². The lowest BCUT2D eigenvalue weighted by molar-refractivity contribution is 0.0552. The summed E-state index contributed by atoms with van der Waals surface area (Å²) in [5, 5.41) is 9.63. The Bertz CT molecular complexity index is 1280. The Hall–Kier alpha value is -4.92. The van der Waals surface area contributed by atoms with Crippen LogP contribution < -0.4 is 0 Å². The minimum Gasteiger partial charge on any atom is -0.465 e. The van der Waals surface area contributed by atoms with Crippen LogP contribution in [0.3, 0.4) is 0 Å². The van der Waals surface area contributed by atoms with Crippen molar-refractivity contribution in [1.82, 2.24) is 4.57 Å². The number of nitriles is 1. The van der Waals surface area contributed by atoms with E-state index in [0.717, 1.165) is 52.4 Å². The lowest BCUT2D eigenvalue weighted by Gasteiger charge is -2.12. The zero-order chi connectivity index (χ0) is 26.3. The fraction of sp³-hybridized carbons (Fsp3) is 0.217. The van der Waals surface area contributed by atoms with E-state index in [2.05, 4.69) is 4.74 Å². The van der Waals surface area contributed by atoms with Crippen molar-refractivity contribution in [3.8, 4) is 6.07 Å². The minimum atomic E-state index is -0.942. The summed E-state index contributed by atoms with van der Waals surface area (Å²) < 4.78 is 24.4. The van der Waals surface area contributed by atoms with Gasteiger partial charge in [0.15, 0.2) is 0 Å². The van der Waals surface area contributed by atoms with E-state index >= 15 is 0 Å². The number of aromatic nitrogens is 1. The molecule has 0 saturated carbocycles. The average Bonchev–Trinajstić information content (AvgIpc) is 3.27. The zero-order valence-corrected chi connectivity index (χ0v) is 19.4. The molecule has 0 bridgehead atoms. The first-order chi connectivity index (χ1) is 16.7. The third-order valence-corrected chi connectivity index (χ3v) is 4.74. The summed E-state index contributed by atoms with van der Waals surface area (Å²) in [5.41, 5.74) is -1.14. The lowest BCUT2D eigenvalue weighted by Crippen LogP contribution is -2.16. The van der Waals surface area contributed by atoms with Crippen LogP contribution in [0.1, 0.15) is 58.3 Å². The van der Waals surface area contributed by atoms with Gasteiger partial charge in [0.25, 0.3) is 0 Å². The molecular formula is C23H20N2O10. The Balaban J connectivity index is 2.89. The maximum absolute atomic E-state index is 12.5. The number of rotatable bonds is 6. The van der Waals surface area contributed by atoms with Crippen molar-refractivity contribution in [3.05, 3.63) is 57.4 Å². The highest BCUT2D eigenvalue weighted by molar-refractivity contribution is 6.08. The van der Waals surface area contributed by atoms with Crippen molar-refractivity contribution >= 4 is 42.1 Å². The first-order valence-corrected chi connectivity index (χ1v) is 9.62. The van der Waals surface area contributed by atoms with Crippen LogP contribution in [-0.2, 0) is 23.7 Å². The molecule has 12 heteroatoms. The highest BCUT2D eigenvalue weighted by Crippen LogP contribution is 2.26. The van der Waals surface area contributed by atoms with Gasteiger partial charge in [0.1, 0.15) is 11.8 Å². The molecule has 0 aliphatic heterocycles. The molecule has 0 unspecified atom stereocenters. The SMILES string of the molecule is COC(=O)c1cc(/C=C/c2c(C(=O)OC)cn(C(=O)OC)c2C#N)c(C(=O)OC)c(C(=O)OC)c1. The molecule has 0 fully saturated rings. The van der Waals surface area contributed by atoms with Crippen LogP contribution in [-0.4, -0.2) is 70.1 Å². The fourth-order valence-electron chi connectivity index (χ4n) is 3.12. The van der Waals surface area contributed by atoms with Gasteiger partial charge in [-0.25, -0.2) is 28.5 Å². The highest BCUT2D eigenvalue weighted by atomic mass is 16.5. The molecule has 0 radical (unpaired) electrons. The van der Waals surface area contributed by atoms with Crippen molar-refractivity contribution in [2.24, 2.45) is 0 Å². The molecule has 182 valence electrons. The summed E-state index contributed by atoms with van der Waals surface area (Å²) in [6.45, 7) is 0. The molecule has 2 aromatic rings. The molecule has 1 aromatic heterocycles. The van der Waals surface area contributed by atoms with Crippen LogP contribution in [0, 0.1) is 11.3 Å². The van der Waals surface area contributed by atoms with E-state index in [4.69, 9.17) is 18.9 Å². The van der Waals surface area contributed by atoms with E-state index in [0.29, 0.717) is 0 Å². The van der Waals surface area contributed by atoms with Gasteiger partial charge < -0.3 is 23.7 Å². The third kappa shape index (κ3) is 5.19. The number of carbonyl (C=O) groups is 5. The molecule has 0 spiro atoms. The van der Waals surface area contributed by atoms with E-state index in [1.165, 1.54) is 18.2 Å². The summed E-state index contributed by atoms with van der Waals surface area (Å²) in [6, 6.07) is 4.15. The average molecular weight is 484 g/mol. The molecule has 35 heavy (non-hydrogen) atoms. The van der Waals surface area contributed by atoms with Crippen LogP contribution in [0.15, 0.2) is 18.3 Å². The standard InChI is InChI=1S/C23H20N2O10/c1-31-19(26)13-8-12(18(22(29)34-4)15(9-13)20(27)32-2)6-7-14-16(21(28)33-3)11-25(17(14)10-24)23(30)35-5/h6-9,11H,1-5H3/b7-6+. The fourth-order valence-corrected chi connectivity index (χ4v) is 3.12. The van der Waals surface area contributed by atoms with E-state index in [1.807, 2.05) is 0 Å². The Morgan fingerprint density at radius 1 is 0.771 bits per heavy atom. The van der Waals surface area contributed by atoms with Gasteiger partial charge in [-0.3, -0.25) is 0 Å². The normalized spacial score (nSPS) is 10.3. The monoisotopic (exact) mass is 484 g/mol. The number of methoxy groups -OCH3 is 5. The van der Waals surface area contributed by atoms with Crippen LogP contribution in [0.4, 0.5) is 4.79 Å². The van der Waals surface area contributed by atoms with Gasteiger partial charge in [0.05, 0.1) is 57.8 Å². The summed E-state index contributed by atoms with van der Waals surface area (Å²) in [5.74, 6) is -3.54. The topological polar surface area (TPSA) is 160 Å². The molecule has 1 aromatic carbocycles. The minimum absolute atomic E-state index is 0.00864. The van der Waals surface area contributed by atoms with Gasteiger partial charge in [0.2, 0.25) is 0 Å². The predicted octanol–water partition coefficient (Wildman–Crippen LogP) is 2.29. The van der Waals surface area contributed by atoms with Gasteiger partial charge >= 0.3 is 30.0 Å². The summed E-state index contributed by atoms with van der Waals surface area (Å²) in [6.07, 6.45) is 2.59. The number of nitrogens with zero attached hydrogens (tertiary/aromatic N) is 2. The van der Waals surface area contributed by atoms with Crippen LogP contribution in [0.5, 0.6) is 0 Å². The number of benzene rings is 1. The lowest BCUT2D eigenvalue weighted by atomic mass is 9.96. The van der Waals surface area contributed by atoms with Gasteiger partial charge in [-0.05, 0) is 17.7 Å². The number of hydrogen-bond acceptors (Lipinski definition) is 11. The summed E-state index contributed by atoms with van der Waals surface area (Å²) in [4.78, 5) is 61.5. The van der Waals surface area contributed by atoms with Crippen molar-refractivity contribution in [1.29, 1.82) is 5.26 Å². The van der Waals surface area contributed by atoms with E-state index in [-0.39, 0.29) is 39.1 Å². The van der Waals surface area contributed by atoms with E-state index < -0.39 is 30.0 Å². The molecule has 1 heterocycles. The molecule has 0 saturated heterocycles. The Kier molecular flexibility index (Phi) is 8.49. The van der Waals surface area contributed by atoms with E-state index in [9.17, 15) is 29.2 Å². The number of carbonyl (C=O) groups excluding carboxylic acids is 5. The van der Waals surface area contributed by atoms with Crippen molar-refractivity contribution < 1.29 is 47.7 Å². The quantitative estimate of drug-likeness (QED) is 0.437. The molecule has 0 aliphatic rings. The first kappa shape index (κ1) is 26.3. The van der Waals surface area contributed by atoms with Gasteiger partial charge in [-0.2, -0.15) is 5.26 Å².